The summed E-state index contributed by atoms with van der Waals surface area (Å²) in [4.78, 5) is 12.6. The first-order valence-corrected chi connectivity index (χ1v) is 6.92. The van der Waals surface area contributed by atoms with Gasteiger partial charge in [-0.15, -0.1) is 11.3 Å². The molecule has 90 valence electrons. The average molecular weight is 249 g/mol. The summed E-state index contributed by atoms with van der Waals surface area (Å²) in [5.74, 6) is 0.810. The normalized spacial score (nSPS) is 24.9. The zero-order chi connectivity index (χ0) is 11.7. The van der Waals surface area contributed by atoms with Gasteiger partial charge in [-0.1, -0.05) is 25.3 Å². The summed E-state index contributed by atoms with van der Waals surface area (Å²) in [6, 6.07) is 4.05. The van der Waals surface area contributed by atoms with E-state index in [0.29, 0.717) is 0 Å². The Balaban J connectivity index is 1.93. The van der Waals surface area contributed by atoms with Gasteiger partial charge in [0.25, 0.3) is 0 Å². The molecule has 1 saturated heterocycles. The van der Waals surface area contributed by atoms with Crippen molar-refractivity contribution in [2.45, 2.75) is 37.6 Å². The highest BCUT2D eigenvalue weighted by Gasteiger charge is 2.45. The maximum absolute atomic E-state index is 11.5. The van der Waals surface area contributed by atoms with Gasteiger partial charge in [0.2, 0.25) is 0 Å². The summed E-state index contributed by atoms with van der Waals surface area (Å²) in [5, 5.41) is 5.04. The summed E-state index contributed by atoms with van der Waals surface area (Å²) in [6.45, 7) is 0. The highest BCUT2D eigenvalue weighted by atomic mass is 32.1. The van der Waals surface area contributed by atoms with Gasteiger partial charge >= 0.3 is 6.09 Å². The highest BCUT2D eigenvalue weighted by molar-refractivity contribution is 7.10. The first kappa shape index (κ1) is 10.8. The molecule has 3 rings (SSSR count). The van der Waals surface area contributed by atoms with Crippen LogP contribution in [0.1, 0.15) is 37.0 Å². The van der Waals surface area contributed by atoms with Crippen LogP contribution in [0.4, 0.5) is 4.79 Å². The molecule has 17 heavy (non-hydrogen) atoms. The second-order valence-corrected chi connectivity index (χ2v) is 5.66. The lowest BCUT2D eigenvalue weighted by atomic mass is 9.80. The number of amides is 1. The lowest BCUT2D eigenvalue weighted by molar-refractivity contribution is 0.195. The van der Waals surface area contributed by atoms with E-state index in [1.807, 2.05) is 23.6 Å². The molecule has 0 radical (unpaired) electrons. The molecule has 1 aliphatic heterocycles. The van der Waals surface area contributed by atoms with Crippen molar-refractivity contribution in [3.8, 4) is 0 Å². The van der Waals surface area contributed by atoms with E-state index >= 15 is 0 Å². The quantitative estimate of drug-likeness (QED) is 0.826. The SMILES string of the molecule is O=C1NC2(CCCCC2)/C(=C/c2cccs2)O1. The molecule has 2 aliphatic rings. The van der Waals surface area contributed by atoms with Crippen LogP contribution in [0.15, 0.2) is 23.3 Å². The van der Waals surface area contributed by atoms with Gasteiger partial charge in [-0.3, -0.25) is 0 Å². The summed E-state index contributed by atoms with van der Waals surface area (Å²) in [7, 11) is 0. The van der Waals surface area contributed by atoms with Crippen molar-refractivity contribution in [3.63, 3.8) is 0 Å². The predicted octanol–water partition coefficient (Wildman–Crippen LogP) is 3.53. The first-order valence-electron chi connectivity index (χ1n) is 6.04. The number of ether oxygens (including phenoxy) is 1. The van der Waals surface area contributed by atoms with E-state index in [-0.39, 0.29) is 11.6 Å². The van der Waals surface area contributed by atoms with E-state index in [4.69, 9.17) is 4.74 Å². The van der Waals surface area contributed by atoms with Crippen molar-refractivity contribution in [3.05, 3.63) is 28.1 Å². The summed E-state index contributed by atoms with van der Waals surface area (Å²) < 4.78 is 5.35. The molecule has 0 atom stereocenters. The van der Waals surface area contributed by atoms with E-state index in [9.17, 15) is 4.79 Å². The van der Waals surface area contributed by atoms with Crippen molar-refractivity contribution in [2.24, 2.45) is 0 Å². The molecule has 1 aromatic heterocycles. The number of cyclic esters (lactones) is 1. The minimum absolute atomic E-state index is 0.223. The largest absolute Gasteiger partial charge is 0.413 e. The molecule has 1 aromatic rings. The zero-order valence-corrected chi connectivity index (χ0v) is 10.4. The third-order valence-corrected chi connectivity index (χ3v) is 4.36. The smallest absolute Gasteiger partial charge is 0.412 e. The molecule has 2 heterocycles. The van der Waals surface area contributed by atoms with E-state index in [2.05, 4.69) is 5.32 Å². The molecule has 0 aromatic carbocycles. The van der Waals surface area contributed by atoms with Gasteiger partial charge in [-0.25, -0.2) is 4.79 Å². The fourth-order valence-electron chi connectivity index (χ4n) is 2.68. The van der Waals surface area contributed by atoms with E-state index in [1.54, 1.807) is 11.3 Å². The van der Waals surface area contributed by atoms with E-state index < -0.39 is 0 Å². The first-order chi connectivity index (χ1) is 8.28. The average Bonchev–Trinajstić information content (AvgIpc) is 2.91. The van der Waals surface area contributed by atoms with Crippen LogP contribution in [-0.4, -0.2) is 11.6 Å². The fourth-order valence-corrected chi connectivity index (χ4v) is 3.32. The molecule has 2 fully saturated rings. The Morgan fingerprint density at radius 2 is 2.18 bits per heavy atom. The van der Waals surface area contributed by atoms with Crippen LogP contribution in [0.3, 0.4) is 0 Å². The standard InChI is InChI=1S/C13H15NO2S/c15-12-14-13(6-2-1-3-7-13)11(16-12)9-10-5-4-8-17-10/h4-5,8-9H,1-3,6-7H2,(H,14,15)/b11-9-. The molecular formula is C13H15NO2S. The molecule has 0 bridgehead atoms. The third-order valence-electron chi connectivity index (χ3n) is 3.54. The second-order valence-electron chi connectivity index (χ2n) is 4.68. The van der Waals surface area contributed by atoms with Gasteiger partial charge in [0.05, 0.1) is 0 Å². The van der Waals surface area contributed by atoms with Crippen LogP contribution in [0.5, 0.6) is 0 Å². The maximum atomic E-state index is 11.5. The number of carbonyl (C=O) groups excluding carboxylic acids is 1. The van der Waals surface area contributed by atoms with Gasteiger partial charge in [0.1, 0.15) is 11.3 Å². The topological polar surface area (TPSA) is 38.3 Å². The number of rotatable bonds is 1. The number of nitrogens with one attached hydrogen (secondary N) is 1. The van der Waals surface area contributed by atoms with Crippen molar-refractivity contribution in [2.75, 3.05) is 0 Å². The minimum Gasteiger partial charge on any atom is -0.412 e. The van der Waals surface area contributed by atoms with Crippen LogP contribution in [0, 0.1) is 0 Å². The van der Waals surface area contributed by atoms with Gasteiger partial charge in [-0.05, 0) is 30.4 Å². The molecular weight excluding hydrogens is 234 g/mol. The second kappa shape index (κ2) is 4.18. The molecule has 0 unspecified atom stereocenters. The van der Waals surface area contributed by atoms with Gasteiger partial charge in [0.15, 0.2) is 0 Å². The Kier molecular flexibility index (Phi) is 2.67. The summed E-state index contributed by atoms with van der Waals surface area (Å²) in [5.41, 5.74) is -0.223. The number of carbonyl (C=O) groups is 1. The van der Waals surface area contributed by atoms with Crippen LogP contribution in [0.2, 0.25) is 0 Å². The lowest BCUT2D eigenvalue weighted by Gasteiger charge is -2.31. The summed E-state index contributed by atoms with van der Waals surface area (Å²) in [6.07, 6.45) is 7.27. The van der Waals surface area contributed by atoms with Crippen LogP contribution >= 0.6 is 11.3 Å². The van der Waals surface area contributed by atoms with Gasteiger partial charge in [-0.2, -0.15) is 0 Å². The highest BCUT2D eigenvalue weighted by Crippen LogP contribution is 2.39. The molecule has 1 aliphatic carbocycles. The van der Waals surface area contributed by atoms with E-state index in [1.165, 1.54) is 6.42 Å². The Bertz CT molecular complexity index is 444. The molecule has 1 saturated carbocycles. The van der Waals surface area contributed by atoms with Crippen LogP contribution < -0.4 is 5.32 Å². The third kappa shape index (κ3) is 1.97. The Morgan fingerprint density at radius 3 is 2.88 bits per heavy atom. The predicted molar refractivity (Wildman–Crippen MR) is 67.7 cm³/mol. The molecule has 4 heteroatoms. The van der Waals surface area contributed by atoms with Crippen LogP contribution in [0.25, 0.3) is 6.08 Å². The Labute approximate surface area is 104 Å². The maximum Gasteiger partial charge on any atom is 0.413 e. The van der Waals surface area contributed by atoms with E-state index in [0.717, 1.165) is 36.3 Å². The number of alkyl carbamates (subject to hydrolysis) is 1. The lowest BCUT2D eigenvalue weighted by Crippen LogP contribution is -2.43. The van der Waals surface area contributed by atoms with Gasteiger partial charge < -0.3 is 10.1 Å². The van der Waals surface area contributed by atoms with Crippen LogP contribution in [-0.2, 0) is 4.74 Å². The van der Waals surface area contributed by atoms with Crippen molar-refractivity contribution in [1.29, 1.82) is 0 Å². The molecule has 3 nitrogen and oxygen atoms in total. The van der Waals surface area contributed by atoms with Gasteiger partial charge in [0, 0.05) is 4.88 Å². The summed E-state index contributed by atoms with van der Waals surface area (Å²) >= 11 is 1.66. The molecule has 1 N–H and O–H groups in total. The number of thiophene rings is 1. The van der Waals surface area contributed by atoms with Crippen molar-refractivity contribution < 1.29 is 9.53 Å². The number of hydrogen-bond donors (Lipinski definition) is 1. The molecule has 1 spiro atoms. The fraction of sp³-hybridized carbons (Fsp3) is 0.462. The number of hydrogen-bond acceptors (Lipinski definition) is 3. The monoisotopic (exact) mass is 249 g/mol. The van der Waals surface area contributed by atoms with Crippen molar-refractivity contribution >= 4 is 23.5 Å². The van der Waals surface area contributed by atoms with Crippen molar-refractivity contribution in [1.82, 2.24) is 5.32 Å². The molecule has 1 amide bonds. The minimum atomic E-state index is -0.297. The Hall–Kier alpha value is -1.29. The Morgan fingerprint density at radius 1 is 1.35 bits per heavy atom. The zero-order valence-electron chi connectivity index (χ0n) is 9.57.